The number of nitrogens with zero attached hydrogens (tertiary/aromatic N) is 8. The number of hydrogen-bond donors (Lipinski definition) is 3. The van der Waals surface area contributed by atoms with Crippen molar-refractivity contribution < 1.29 is 19.5 Å². The predicted octanol–water partition coefficient (Wildman–Crippen LogP) is 2.85. The number of H-pyrrole nitrogens is 1. The molecule has 0 aliphatic carbocycles. The number of aromatic nitrogens is 9. The number of hydrogen-bond acceptors (Lipinski definition) is 10. The maximum absolute atomic E-state index is 10.8. The lowest BCUT2D eigenvalue weighted by Gasteiger charge is -1.99. The first-order valence-corrected chi connectivity index (χ1v) is 14.0. The van der Waals surface area contributed by atoms with Crippen LogP contribution in [0.15, 0.2) is 101 Å². The average molecular weight is 694 g/mol. The van der Waals surface area contributed by atoms with Gasteiger partial charge in [-0.1, -0.05) is 13.5 Å². The summed E-state index contributed by atoms with van der Waals surface area (Å²) >= 11 is 3.25. The van der Waals surface area contributed by atoms with E-state index in [-0.39, 0.29) is 13.0 Å². The van der Waals surface area contributed by atoms with Crippen LogP contribution in [-0.4, -0.2) is 75.7 Å². The third-order valence-corrected chi connectivity index (χ3v) is 6.16. The van der Waals surface area contributed by atoms with E-state index in [0.29, 0.717) is 17.2 Å². The highest BCUT2D eigenvalue weighted by Crippen LogP contribution is 2.19. The molecule has 0 radical (unpaired) electrons. The van der Waals surface area contributed by atoms with Crippen LogP contribution in [0.3, 0.4) is 0 Å². The van der Waals surface area contributed by atoms with Crippen LogP contribution in [0.5, 0.6) is 11.8 Å². The Bertz CT molecular complexity index is 1750. The first-order chi connectivity index (χ1) is 21.6. The lowest BCUT2D eigenvalue weighted by molar-refractivity contribution is 0.397. The fourth-order valence-electron chi connectivity index (χ4n) is 3.46. The van der Waals surface area contributed by atoms with Crippen LogP contribution in [0.4, 0.5) is 0 Å². The van der Waals surface area contributed by atoms with Crippen LogP contribution in [-0.2, 0) is 21.1 Å². The van der Waals surface area contributed by atoms with Crippen LogP contribution in [0.2, 0.25) is 0 Å². The van der Waals surface area contributed by atoms with Crippen molar-refractivity contribution in [2.75, 3.05) is 14.2 Å². The summed E-state index contributed by atoms with van der Waals surface area (Å²) < 4.78 is 16.0. The molecule has 6 rings (SSSR count). The molecule has 0 aromatic carbocycles. The van der Waals surface area contributed by atoms with Gasteiger partial charge in [0.2, 0.25) is 17.3 Å². The van der Waals surface area contributed by atoms with Gasteiger partial charge in [0, 0.05) is 98.2 Å². The zero-order valence-corrected chi connectivity index (χ0v) is 26.9. The molecule has 0 aliphatic heterocycles. The van der Waals surface area contributed by atoms with Crippen molar-refractivity contribution >= 4 is 28.5 Å². The van der Waals surface area contributed by atoms with Gasteiger partial charge in [-0.05, 0) is 34.1 Å². The second kappa shape index (κ2) is 18.7. The van der Waals surface area contributed by atoms with Crippen molar-refractivity contribution in [1.29, 1.82) is 0 Å². The van der Waals surface area contributed by atoms with E-state index in [1.807, 2.05) is 58.1 Å². The summed E-state index contributed by atoms with van der Waals surface area (Å²) in [7, 11) is 7.26. The summed E-state index contributed by atoms with van der Waals surface area (Å²) in [5, 5.41) is 29.3. The molecule has 0 bridgehead atoms. The van der Waals surface area contributed by atoms with E-state index < -0.39 is 7.12 Å². The second-order valence-corrected chi connectivity index (χ2v) is 10.1. The predicted molar refractivity (Wildman–Crippen MR) is 181 cm³/mol. The van der Waals surface area contributed by atoms with Crippen LogP contribution in [0, 0.1) is 0 Å². The van der Waals surface area contributed by atoms with Crippen molar-refractivity contribution in [2.24, 2.45) is 21.1 Å². The van der Waals surface area contributed by atoms with E-state index in [4.69, 9.17) is 19.5 Å². The molecule has 16 heteroatoms. The topological polar surface area (TPSA) is 171 Å². The molecule has 14 nitrogen and oxygen atoms in total. The Morgan fingerprint density at radius 3 is 1.57 bits per heavy atom. The third-order valence-electron chi connectivity index (χ3n) is 5.75. The zero-order chi connectivity index (χ0) is 32.8. The van der Waals surface area contributed by atoms with E-state index in [0.717, 1.165) is 26.7 Å². The molecule has 6 aromatic heterocycles. The van der Waals surface area contributed by atoms with Crippen LogP contribution in [0.1, 0.15) is 7.43 Å². The third kappa shape index (κ3) is 12.1. The van der Waals surface area contributed by atoms with Crippen molar-refractivity contribution in [2.45, 2.75) is 7.43 Å². The number of nitrogens with one attached hydrogen (secondary N) is 1. The summed E-state index contributed by atoms with van der Waals surface area (Å²) in [6, 6.07) is 10.2. The summed E-state index contributed by atoms with van der Waals surface area (Å²) in [6.07, 6.45) is 15.9. The summed E-state index contributed by atoms with van der Waals surface area (Å²) in [4.78, 5) is 21.3. The molecular formula is C30H37BBrN9O5. The molecule has 6 heterocycles. The normalized spacial score (nSPS) is 9.65. The highest BCUT2D eigenvalue weighted by molar-refractivity contribution is 9.10. The van der Waals surface area contributed by atoms with Gasteiger partial charge < -0.3 is 24.5 Å². The van der Waals surface area contributed by atoms with E-state index in [9.17, 15) is 4.79 Å². The SMILES string of the molecule is C.COc1ccc(-c2cnn(C)c2)cn1.COc1ccc(B(O)O)cn1.Cn1cc(-c2ccc(=O)[nH]c2)cn1.Cn1cc(Br)cn1. The molecule has 3 N–H and O–H groups in total. The molecule has 242 valence electrons. The number of aromatic amines is 1. The highest BCUT2D eigenvalue weighted by atomic mass is 79.9. The quantitative estimate of drug-likeness (QED) is 0.228. The monoisotopic (exact) mass is 693 g/mol. The lowest BCUT2D eigenvalue weighted by atomic mass is 9.82. The van der Waals surface area contributed by atoms with Gasteiger partial charge >= 0.3 is 7.12 Å². The maximum Gasteiger partial charge on any atom is 0.490 e. The molecule has 0 unspecified atom stereocenters. The molecule has 0 aliphatic rings. The smallest absolute Gasteiger partial charge is 0.481 e. The fourth-order valence-corrected chi connectivity index (χ4v) is 3.85. The van der Waals surface area contributed by atoms with Gasteiger partial charge in [0.15, 0.2) is 0 Å². The zero-order valence-electron chi connectivity index (χ0n) is 25.3. The van der Waals surface area contributed by atoms with Crippen molar-refractivity contribution in [1.82, 2.24) is 44.3 Å². The van der Waals surface area contributed by atoms with Gasteiger partial charge in [-0.3, -0.25) is 18.8 Å². The van der Waals surface area contributed by atoms with Crippen LogP contribution in [0.25, 0.3) is 22.3 Å². The minimum Gasteiger partial charge on any atom is -0.481 e. The minimum atomic E-state index is -1.46. The van der Waals surface area contributed by atoms with Gasteiger partial charge in [0.05, 0.1) is 37.3 Å². The molecule has 0 fully saturated rings. The van der Waals surface area contributed by atoms with Crippen LogP contribution >= 0.6 is 15.9 Å². The Morgan fingerprint density at radius 1 is 0.696 bits per heavy atom. The largest absolute Gasteiger partial charge is 0.490 e. The van der Waals surface area contributed by atoms with Gasteiger partial charge in [-0.25, -0.2) is 9.97 Å². The van der Waals surface area contributed by atoms with E-state index in [1.165, 1.54) is 25.4 Å². The maximum atomic E-state index is 10.8. The molecule has 46 heavy (non-hydrogen) atoms. The second-order valence-electron chi connectivity index (χ2n) is 9.18. The number of aryl methyl sites for hydroxylation is 3. The van der Waals surface area contributed by atoms with Gasteiger partial charge in [0.25, 0.3) is 0 Å². The standard InChI is InChI=1S/C10H11N3O.C9H9N3O.C6H8BNO3.C4H5BrN2.CH4/c1-13-7-9(6-12-13)8-3-4-10(14-2)11-5-8;1-12-6-8(5-11-12)7-2-3-9(13)10-4-7;1-11-6-3-2-5(4-8-6)7(9)10;1-7-3-4(5)2-6-7;/h3-7H,1-2H3;2-6H,1H3,(H,10,13);2-4,9-10H,1H3;2-3H,1H3;1H4. The minimum absolute atomic E-state index is 0. The number of rotatable bonds is 5. The Kier molecular flexibility index (Phi) is 15.1. The first-order valence-electron chi connectivity index (χ1n) is 13.2. The van der Waals surface area contributed by atoms with Gasteiger partial charge in [-0.15, -0.1) is 0 Å². The summed E-state index contributed by atoms with van der Waals surface area (Å²) in [6.45, 7) is 0. The molecule has 0 saturated carbocycles. The number of ether oxygens (including phenoxy) is 2. The summed E-state index contributed by atoms with van der Waals surface area (Å²) in [5.41, 5.74) is 4.33. The van der Waals surface area contributed by atoms with Gasteiger partial charge in [-0.2, -0.15) is 15.3 Å². The first kappa shape index (κ1) is 37.1. The molecule has 0 spiro atoms. The molecule has 6 aromatic rings. The van der Waals surface area contributed by atoms with E-state index in [2.05, 4.69) is 46.2 Å². The fraction of sp³-hybridized carbons (Fsp3) is 0.200. The Labute approximate surface area is 275 Å². The lowest BCUT2D eigenvalue weighted by Crippen LogP contribution is -2.29. The van der Waals surface area contributed by atoms with Crippen molar-refractivity contribution in [3.05, 3.63) is 107 Å². The molecule has 0 saturated heterocycles. The van der Waals surface area contributed by atoms with Crippen LogP contribution < -0.4 is 20.5 Å². The van der Waals surface area contributed by atoms with Crippen molar-refractivity contribution in [3.8, 4) is 34.0 Å². The molecule has 0 amide bonds. The Morgan fingerprint density at radius 2 is 1.22 bits per heavy atom. The molecular weight excluding hydrogens is 657 g/mol. The number of halogens is 1. The highest BCUT2D eigenvalue weighted by Gasteiger charge is 2.10. The summed E-state index contributed by atoms with van der Waals surface area (Å²) in [5.74, 6) is 1.08. The van der Waals surface area contributed by atoms with E-state index >= 15 is 0 Å². The van der Waals surface area contributed by atoms with E-state index in [1.54, 1.807) is 58.1 Å². The van der Waals surface area contributed by atoms with Gasteiger partial charge in [0.1, 0.15) is 0 Å². The Balaban J connectivity index is 0.000000217. The average Bonchev–Trinajstić information content (AvgIpc) is 3.79. The number of pyridine rings is 3. The molecule has 0 atom stereocenters. The van der Waals surface area contributed by atoms with Crippen molar-refractivity contribution in [3.63, 3.8) is 0 Å². The Hall–Kier alpha value is -5.06. The number of methoxy groups -OCH3 is 2.